The molecule has 0 aliphatic carbocycles. The van der Waals surface area contributed by atoms with E-state index in [1.165, 1.54) is 0 Å². The van der Waals surface area contributed by atoms with Gasteiger partial charge in [-0.1, -0.05) is 25.1 Å². The highest BCUT2D eigenvalue weighted by atomic mass is 16.5. The third-order valence-electron chi connectivity index (χ3n) is 4.56. The summed E-state index contributed by atoms with van der Waals surface area (Å²) in [7, 11) is 0. The number of ketones is 1. The minimum absolute atomic E-state index is 0.0283. The van der Waals surface area contributed by atoms with Gasteiger partial charge in [0.25, 0.3) is 0 Å². The van der Waals surface area contributed by atoms with Crippen molar-refractivity contribution in [3.8, 4) is 0 Å². The quantitative estimate of drug-likeness (QED) is 0.646. The summed E-state index contributed by atoms with van der Waals surface area (Å²) in [6, 6.07) is 7.48. The molecule has 2 heterocycles. The van der Waals surface area contributed by atoms with Crippen LogP contribution in [0, 0.1) is 5.92 Å². The Morgan fingerprint density at radius 2 is 2.12 bits per heavy atom. The van der Waals surface area contributed by atoms with Gasteiger partial charge in [-0.05, 0) is 19.4 Å². The first-order valence-corrected chi connectivity index (χ1v) is 8.59. The first-order chi connectivity index (χ1) is 12.0. The number of nitrogens with one attached hydrogen (secondary N) is 1. The van der Waals surface area contributed by atoms with Gasteiger partial charge in [0.15, 0.2) is 6.10 Å². The van der Waals surface area contributed by atoms with Crippen molar-refractivity contribution in [3.05, 3.63) is 36.0 Å². The van der Waals surface area contributed by atoms with Crippen LogP contribution in [0.1, 0.15) is 37.0 Å². The van der Waals surface area contributed by atoms with E-state index in [0.717, 1.165) is 17.3 Å². The van der Waals surface area contributed by atoms with E-state index in [1.807, 2.05) is 31.2 Å². The number of aromatic nitrogens is 1. The Morgan fingerprint density at radius 1 is 1.36 bits per heavy atom. The standard InChI is InChI=1S/C19H22N2O4/c1-3-8-21-11-13(9-17(21)22)19(24)25-12(2)18(23)15-10-20-16-7-5-4-6-14(15)16/h4-7,10,12-13,20H,3,8-9,11H2,1-2H3. The molecule has 2 atom stereocenters. The van der Waals surface area contributed by atoms with Gasteiger partial charge in [0.2, 0.25) is 11.7 Å². The second kappa shape index (κ2) is 7.09. The number of carbonyl (C=O) groups excluding carboxylic acids is 3. The fraction of sp³-hybridized carbons (Fsp3) is 0.421. The molecule has 1 saturated heterocycles. The molecule has 1 aromatic carbocycles. The maximum absolute atomic E-state index is 12.6. The normalized spacial score (nSPS) is 18.6. The molecule has 1 amide bonds. The summed E-state index contributed by atoms with van der Waals surface area (Å²) in [6.07, 6.45) is 1.76. The number of H-pyrrole nitrogens is 1. The molecule has 1 fully saturated rings. The van der Waals surface area contributed by atoms with Gasteiger partial charge < -0.3 is 14.6 Å². The summed E-state index contributed by atoms with van der Waals surface area (Å²) in [6.45, 7) is 4.58. The molecule has 0 bridgehead atoms. The zero-order valence-electron chi connectivity index (χ0n) is 14.5. The molecule has 132 valence electrons. The van der Waals surface area contributed by atoms with Gasteiger partial charge in [0.05, 0.1) is 5.92 Å². The third kappa shape index (κ3) is 3.43. The topological polar surface area (TPSA) is 79.5 Å². The minimum Gasteiger partial charge on any atom is -0.454 e. The lowest BCUT2D eigenvalue weighted by atomic mass is 10.1. The number of nitrogens with zero attached hydrogens (tertiary/aromatic N) is 1. The molecule has 3 rings (SSSR count). The van der Waals surface area contributed by atoms with Crippen LogP contribution in [-0.4, -0.2) is 46.7 Å². The number of hydrogen-bond acceptors (Lipinski definition) is 4. The highest BCUT2D eigenvalue weighted by Crippen LogP contribution is 2.23. The molecule has 1 aliphatic rings. The van der Waals surface area contributed by atoms with Gasteiger partial charge >= 0.3 is 5.97 Å². The van der Waals surface area contributed by atoms with Gasteiger partial charge in [0, 0.05) is 42.2 Å². The molecule has 1 N–H and O–H groups in total. The number of benzene rings is 1. The molecule has 1 aliphatic heterocycles. The van der Waals surface area contributed by atoms with Gasteiger partial charge in [0.1, 0.15) is 0 Å². The Bertz CT molecular complexity index is 811. The molecule has 2 aromatic rings. The van der Waals surface area contributed by atoms with Crippen LogP contribution in [0.2, 0.25) is 0 Å². The van der Waals surface area contributed by atoms with Crippen LogP contribution in [0.15, 0.2) is 30.5 Å². The van der Waals surface area contributed by atoms with Crippen molar-refractivity contribution in [2.24, 2.45) is 5.92 Å². The summed E-state index contributed by atoms with van der Waals surface area (Å²) in [4.78, 5) is 41.6. The van der Waals surface area contributed by atoms with E-state index >= 15 is 0 Å². The number of fused-ring (bicyclic) bond motifs is 1. The number of para-hydroxylation sites is 1. The van der Waals surface area contributed by atoms with Crippen molar-refractivity contribution >= 4 is 28.6 Å². The highest BCUT2D eigenvalue weighted by Gasteiger charge is 2.36. The first kappa shape index (κ1) is 17.2. The largest absolute Gasteiger partial charge is 0.454 e. The average molecular weight is 342 g/mol. The Morgan fingerprint density at radius 3 is 2.88 bits per heavy atom. The van der Waals surface area contributed by atoms with Gasteiger partial charge in [-0.2, -0.15) is 0 Å². The minimum atomic E-state index is -0.887. The van der Waals surface area contributed by atoms with Crippen LogP contribution >= 0.6 is 0 Å². The predicted molar refractivity (Wildman–Crippen MR) is 93.2 cm³/mol. The molecule has 1 aromatic heterocycles. The van der Waals surface area contributed by atoms with E-state index in [0.29, 0.717) is 18.7 Å². The van der Waals surface area contributed by atoms with Crippen LogP contribution in [0.25, 0.3) is 10.9 Å². The van der Waals surface area contributed by atoms with E-state index in [2.05, 4.69) is 4.98 Å². The zero-order chi connectivity index (χ0) is 18.0. The lowest BCUT2D eigenvalue weighted by Gasteiger charge is -2.16. The maximum Gasteiger partial charge on any atom is 0.311 e. The molecule has 6 nitrogen and oxygen atoms in total. The number of aromatic amines is 1. The predicted octanol–water partition coefficient (Wildman–Crippen LogP) is 2.54. The number of Topliss-reactive ketones (excluding diaryl/α,β-unsaturated/α-hetero) is 1. The maximum atomic E-state index is 12.6. The molecule has 2 unspecified atom stereocenters. The van der Waals surface area contributed by atoms with Crippen LogP contribution in [0.5, 0.6) is 0 Å². The summed E-state index contributed by atoms with van der Waals surface area (Å²) in [5.41, 5.74) is 1.37. The smallest absolute Gasteiger partial charge is 0.311 e. The second-order valence-corrected chi connectivity index (χ2v) is 6.43. The molecule has 0 spiro atoms. The number of hydrogen-bond donors (Lipinski definition) is 1. The van der Waals surface area contributed by atoms with Crippen molar-refractivity contribution in [2.75, 3.05) is 13.1 Å². The van der Waals surface area contributed by atoms with Gasteiger partial charge in [-0.15, -0.1) is 0 Å². The van der Waals surface area contributed by atoms with Gasteiger partial charge in [-0.3, -0.25) is 14.4 Å². The lowest BCUT2D eigenvalue weighted by molar-refractivity contribution is -0.151. The van der Waals surface area contributed by atoms with Crippen molar-refractivity contribution < 1.29 is 19.1 Å². The third-order valence-corrected chi connectivity index (χ3v) is 4.56. The summed E-state index contributed by atoms with van der Waals surface area (Å²) in [5.74, 6) is -1.25. The molecular weight excluding hydrogens is 320 g/mol. The summed E-state index contributed by atoms with van der Waals surface area (Å²) >= 11 is 0. The Balaban J connectivity index is 1.66. The van der Waals surface area contributed by atoms with E-state index in [-0.39, 0.29) is 18.1 Å². The highest BCUT2D eigenvalue weighted by molar-refractivity contribution is 6.10. The summed E-state index contributed by atoms with van der Waals surface area (Å²) < 4.78 is 5.36. The lowest BCUT2D eigenvalue weighted by Crippen LogP contribution is -2.30. The molecule has 25 heavy (non-hydrogen) atoms. The molecule has 6 heteroatoms. The number of esters is 1. The van der Waals surface area contributed by atoms with Crippen molar-refractivity contribution in [2.45, 2.75) is 32.8 Å². The number of amides is 1. The number of ether oxygens (including phenoxy) is 1. The fourth-order valence-corrected chi connectivity index (χ4v) is 3.23. The Labute approximate surface area is 146 Å². The summed E-state index contributed by atoms with van der Waals surface area (Å²) in [5, 5.41) is 0.806. The Hall–Kier alpha value is -2.63. The average Bonchev–Trinajstić information content (AvgIpc) is 3.18. The van der Waals surface area contributed by atoms with Crippen molar-refractivity contribution in [1.29, 1.82) is 0 Å². The monoisotopic (exact) mass is 342 g/mol. The van der Waals surface area contributed by atoms with Crippen LogP contribution in [-0.2, 0) is 14.3 Å². The second-order valence-electron chi connectivity index (χ2n) is 6.43. The van der Waals surface area contributed by atoms with Crippen LogP contribution < -0.4 is 0 Å². The number of likely N-dealkylation sites (tertiary alicyclic amines) is 1. The van der Waals surface area contributed by atoms with Crippen molar-refractivity contribution in [3.63, 3.8) is 0 Å². The van der Waals surface area contributed by atoms with Crippen molar-refractivity contribution in [1.82, 2.24) is 9.88 Å². The van der Waals surface area contributed by atoms with Gasteiger partial charge in [-0.25, -0.2) is 0 Å². The number of carbonyl (C=O) groups is 3. The Kier molecular flexibility index (Phi) is 4.88. The SMILES string of the molecule is CCCN1CC(C(=O)OC(C)C(=O)c2c[nH]c3ccccc23)CC1=O. The molecular formula is C19H22N2O4. The first-order valence-electron chi connectivity index (χ1n) is 8.59. The fourth-order valence-electron chi connectivity index (χ4n) is 3.23. The van der Waals surface area contributed by atoms with E-state index < -0.39 is 18.0 Å². The van der Waals surface area contributed by atoms with Crippen LogP contribution in [0.3, 0.4) is 0 Å². The van der Waals surface area contributed by atoms with E-state index in [4.69, 9.17) is 4.74 Å². The molecule has 0 radical (unpaired) electrons. The van der Waals surface area contributed by atoms with E-state index in [9.17, 15) is 14.4 Å². The van der Waals surface area contributed by atoms with E-state index in [1.54, 1.807) is 18.0 Å². The zero-order valence-corrected chi connectivity index (χ0v) is 14.5. The number of rotatable bonds is 6. The van der Waals surface area contributed by atoms with Crippen LogP contribution in [0.4, 0.5) is 0 Å². The molecule has 0 saturated carbocycles.